The molecule has 4 heteroatoms. The fourth-order valence-electron chi connectivity index (χ4n) is 2.98. The van der Waals surface area contributed by atoms with Crippen molar-refractivity contribution < 1.29 is 0 Å². The minimum Gasteiger partial charge on any atom is -0.330 e. The quantitative estimate of drug-likeness (QED) is 0.862. The summed E-state index contributed by atoms with van der Waals surface area (Å²) in [4.78, 5) is 2.54. The molecule has 0 aliphatic carbocycles. The number of rotatable bonds is 3. The van der Waals surface area contributed by atoms with Crippen molar-refractivity contribution in [1.82, 2.24) is 14.7 Å². The Balaban J connectivity index is 2.17. The molecule has 1 fully saturated rings. The first-order chi connectivity index (χ1) is 8.04. The van der Waals surface area contributed by atoms with Crippen LogP contribution in [0.5, 0.6) is 0 Å². The molecule has 2 atom stereocenters. The van der Waals surface area contributed by atoms with Crippen LogP contribution in [0.15, 0.2) is 0 Å². The minimum absolute atomic E-state index is 0.459. The monoisotopic (exact) mass is 236 g/mol. The second-order valence-electron chi connectivity index (χ2n) is 5.27. The van der Waals surface area contributed by atoms with Crippen LogP contribution in [0.25, 0.3) is 0 Å². The van der Waals surface area contributed by atoms with Gasteiger partial charge in [0.15, 0.2) is 0 Å². The fraction of sp³-hybridized carbons (Fsp3) is 0.769. The van der Waals surface area contributed by atoms with Crippen LogP contribution in [0, 0.1) is 19.8 Å². The molecule has 0 radical (unpaired) electrons. The smallest absolute Gasteiger partial charge is 0.0644 e. The largest absolute Gasteiger partial charge is 0.330 e. The van der Waals surface area contributed by atoms with Gasteiger partial charge in [0.25, 0.3) is 0 Å². The summed E-state index contributed by atoms with van der Waals surface area (Å²) in [6.45, 7) is 9.66. The van der Waals surface area contributed by atoms with E-state index in [0.717, 1.165) is 25.3 Å². The van der Waals surface area contributed by atoms with Gasteiger partial charge < -0.3 is 5.73 Å². The summed E-state index contributed by atoms with van der Waals surface area (Å²) in [5.41, 5.74) is 9.59. The number of nitrogens with zero attached hydrogens (tertiary/aromatic N) is 3. The highest BCUT2D eigenvalue weighted by molar-refractivity contribution is 5.27. The Labute approximate surface area is 104 Å². The Morgan fingerprint density at radius 3 is 2.65 bits per heavy atom. The van der Waals surface area contributed by atoms with E-state index in [9.17, 15) is 0 Å². The zero-order chi connectivity index (χ0) is 12.6. The Morgan fingerprint density at radius 1 is 1.47 bits per heavy atom. The molecule has 2 heterocycles. The van der Waals surface area contributed by atoms with E-state index in [1.807, 2.05) is 11.7 Å². The van der Waals surface area contributed by atoms with Crippen molar-refractivity contribution in [2.75, 3.05) is 19.6 Å². The van der Waals surface area contributed by atoms with Crippen LogP contribution in [0.3, 0.4) is 0 Å². The molecule has 0 amide bonds. The third kappa shape index (κ3) is 2.24. The summed E-state index contributed by atoms with van der Waals surface area (Å²) in [7, 11) is 2.02. The maximum Gasteiger partial charge on any atom is 0.0644 e. The van der Waals surface area contributed by atoms with Crippen molar-refractivity contribution in [3.8, 4) is 0 Å². The number of nitrogens with two attached hydrogens (primary N) is 1. The van der Waals surface area contributed by atoms with Gasteiger partial charge in [-0.2, -0.15) is 5.10 Å². The van der Waals surface area contributed by atoms with Crippen LogP contribution in [0.4, 0.5) is 0 Å². The lowest BCUT2D eigenvalue weighted by Gasteiger charge is -2.25. The van der Waals surface area contributed by atoms with Gasteiger partial charge in [-0.1, -0.05) is 0 Å². The highest BCUT2D eigenvalue weighted by atomic mass is 15.3. The maximum absolute atomic E-state index is 5.76. The number of aromatic nitrogens is 2. The summed E-state index contributed by atoms with van der Waals surface area (Å²) in [6.07, 6.45) is 1.24. The molecule has 2 N–H and O–H groups in total. The highest BCUT2D eigenvalue weighted by Gasteiger charge is 2.28. The molecule has 1 aromatic heterocycles. The second kappa shape index (κ2) is 4.78. The Kier molecular flexibility index (Phi) is 3.54. The van der Waals surface area contributed by atoms with E-state index in [2.05, 4.69) is 30.8 Å². The predicted molar refractivity (Wildman–Crippen MR) is 69.8 cm³/mol. The number of hydrogen-bond donors (Lipinski definition) is 1. The van der Waals surface area contributed by atoms with E-state index in [1.165, 1.54) is 17.7 Å². The van der Waals surface area contributed by atoms with Crippen molar-refractivity contribution in [3.63, 3.8) is 0 Å². The molecule has 0 spiro atoms. The minimum atomic E-state index is 0.459. The first-order valence-electron chi connectivity index (χ1n) is 6.48. The van der Waals surface area contributed by atoms with E-state index >= 15 is 0 Å². The Bertz CT molecular complexity index is 396. The van der Waals surface area contributed by atoms with E-state index in [4.69, 9.17) is 5.73 Å². The standard InChI is InChI=1S/C13H24N4/c1-9-13(10(2)16(4)15-9)11(3)17-6-5-12(7-14)8-17/h11-12H,5-8,14H2,1-4H3. The van der Waals surface area contributed by atoms with E-state index in [0.29, 0.717) is 12.0 Å². The van der Waals surface area contributed by atoms with Crippen LogP contribution in [-0.4, -0.2) is 34.3 Å². The maximum atomic E-state index is 5.76. The number of likely N-dealkylation sites (tertiary alicyclic amines) is 1. The first-order valence-corrected chi connectivity index (χ1v) is 6.48. The third-order valence-electron chi connectivity index (χ3n) is 4.18. The van der Waals surface area contributed by atoms with Crippen molar-refractivity contribution in [2.24, 2.45) is 18.7 Å². The molecule has 1 saturated heterocycles. The first kappa shape index (κ1) is 12.6. The van der Waals surface area contributed by atoms with Gasteiger partial charge in [0.05, 0.1) is 5.69 Å². The molecular weight excluding hydrogens is 212 g/mol. The molecule has 1 aromatic rings. The van der Waals surface area contributed by atoms with Crippen LogP contribution >= 0.6 is 0 Å². The topological polar surface area (TPSA) is 47.1 Å². The summed E-state index contributed by atoms with van der Waals surface area (Å²) < 4.78 is 1.98. The van der Waals surface area contributed by atoms with Crippen molar-refractivity contribution in [1.29, 1.82) is 0 Å². The molecule has 1 aliphatic rings. The molecule has 17 heavy (non-hydrogen) atoms. The summed E-state index contributed by atoms with van der Waals surface area (Å²) in [5.74, 6) is 0.676. The SMILES string of the molecule is Cc1nn(C)c(C)c1C(C)N1CCC(CN)C1. The van der Waals surface area contributed by atoms with E-state index in [1.54, 1.807) is 0 Å². The van der Waals surface area contributed by atoms with Crippen molar-refractivity contribution in [3.05, 3.63) is 17.0 Å². The summed E-state index contributed by atoms with van der Waals surface area (Å²) >= 11 is 0. The van der Waals surface area contributed by atoms with E-state index in [-0.39, 0.29) is 0 Å². The van der Waals surface area contributed by atoms with Gasteiger partial charge in [0, 0.05) is 30.9 Å². The molecule has 0 aromatic carbocycles. The number of hydrogen-bond acceptors (Lipinski definition) is 3. The third-order valence-corrected chi connectivity index (χ3v) is 4.18. The average Bonchev–Trinajstić information content (AvgIpc) is 2.85. The van der Waals surface area contributed by atoms with Gasteiger partial charge in [-0.05, 0) is 46.2 Å². The normalized spacial score (nSPS) is 23.2. The van der Waals surface area contributed by atoms with E-state index < -0.39 is 0 Å². The lowest BCUT2D eigenvalue weighted by Crippen LogP contribution is -2.26. The second-order valence-corrected chi connectivity index (χ2v) is 5.27. The molecule has 0 bridgehead atoms. The van der Waals surface area contributed by atoms with Gasteiger partial charge in [0.1, 0.15) is 0 Å². The molecule has 96 valence electrons. The molecule has 2 unspecified atom stereocenters. The zero-order valence-corrected chi connectivity index (χ0v) is 11.4. The van der Waals surface area contributed by atoms with Gasteiger partial charge in [-0.25, -0.2) is 0 Å². The van der Waals surface area contributed by atoms with Gasteiger partial charge in [-0.15, -0.1) is 0 Å². The number of aryl methyl sites for hydroxylation is 2. The van der Waals surface area contributed by atoms with Crippen molar-refractivity contribution in [2.45, 2.75) is 33.2 Å². The zero-order valence-electron chi connectivity index (χ0n) is 11.4. The van der Waals surface area contributed by atoms with Gasteiger partial charge in [-0.3, -0.25) is 9.58 Å². The molecular formula is C13H24N4. The lowest BCUT2D eigenvalue weighted by molar-refractivity contribution is 0.252. The molecule has 4 nitrogen and oxygen atoms in total. The van der Waals surface area contributed by atoms with Crippen molar-refractivity contribution >= 4 is 0 Å². The molecule has 1 aliphatic heterocycles. The lowest BCUT2D eigenvalue weighted by atomic mass is 10.1. The Hall–Kier alpha value is -0.870. The highest BCUT2D eigenvalue weighted by Crippen LogP contribution is 2.30. The molecule has 0 saturated carbocycles. The summed E-state index contributed by atoms with van der Waals surface area (Å²) in [6, 6.07) is 0.459. The van der Waals surface area contributed by atoms with Gasteiger partial charge in [0.2, 0.25) is 0 Å². The van der Waals surface area contributed by atoms with Crippen LogP contribution < -0.4 is 5.73 Å². The molecule has 2 rings (SSSR count). The van der Waals surface area contributed by atoms with Crippen LogP contribution in [0.2, 0.25) is 0 Å². The average molecular weight is 236 g/mol. The predicted octanol–water partition coefficient (Wildman–Crippen LogP) is 1.38. The van der Waals surface area contributed by atoms with Gasteiger partial charge >= 0.3 is 0 Å². The summed E-state index contributed by atoms with van der Waals surface area (Å²) in [5, 5.41) is 4.51. The van der Waals surface area contributed by atoms with Crippen LogP contribution in [0.1, 0.15) is 36.3 Å². The Morgan fingerprint density at radius 2 is 2.18 bits per heavy atom. The van der Waals surface area contributed by atoms with Crippen LogP contribution in [-0.2, 0) is 7.05 Å². The fourth-order valence-corrected chi connectivity index (χ4v) is 2.98.